The Morgan fingerprint density at radius 2 is 1.39 bits per heavy atom. The summed E-state index contributed by atoms with van der Waals surface area (Å²) in [6.45, 7) is 4.36. The first-order valence-corrected chi connectivity index (χ1v) is 8.76. The molecule has 5 atom stereocenters. The van der Waals surface area contributed by atoms with Crippen molar-refractivity contribution in [2.45, 2.75) is 44.9 Å². The van der Waals surface area contributed by atoms with Gasteiger partial charge >= 0.3 is 0 Å². The van der Waals surface area contributed by atoms with Crippen LogP contribution in [0.15, 0.2) is 60.7 Å². The minimum Gasteiger partial charge on any atom is -0.392 e. The van der Waals surface area contributed by atoms with Crippen LogP contribution in [-0.4, -0.2) is 11.2 Å². The van der Waals surface area contributed by atoms with Gasteiger partial charge in [0.2, 0.25) is 0 Å². The summed E-state index contributed by atoms with van der Waals surface area (Å²) in [5.74, 6) is 0.464. The van der Waals surface area contributed by atoms with Gasteiger partial charge in [0.1, 0.15) is 0 Å². The van der Waals surface area contributed by atoms with Gasteiger partial charge in [0.15, 0.2) is 0 Å². The topological polar surface area (TPSA) is 32.3 Å². The highest BCUT2D eigenvalue weighted by Crippen LogP contribution is 2.42. The van der Waals surface area contributed by atoms with Crippen LogP contribution in [0.1, 0.15) is 49.9 Å². The monoisotopic (exact) mass is 309 g/mol. The minimum absolute atomic E-state index is 0.185. The maximum atomic E-state index is 11.0. The molecule has 1 heterocycles. The van der Waals surface area contributed by atoms with E-state index in [9.17, 15) is 5.11 Å². The summed E-state index contributed by atoms with van der Waals surface area (Å²) in [6.07, 6.45) is 1.85. The molecule has 1 fully saturated rings. The van der Waals surface area contributed by atoms with Gasteiger partial charge < -0.3 is 10.4 Å². The van der Waals surface area contributed by atoms with Crippen LogP contribution in [0.25, 0.3) is 0 Å². The molecule has 0 bridgehead atoms. The van der Waals surface area contributed by atoms with Gasteiger partial charge in [-0.3, -0.25) is 0 Å². The lowest BCUT2D eigenvalue weighted by molar-refractivity contribution is -0.0184. The lowest BCUT2D eigenvalue weighted by atomic mass is 9.72. The zero-order valence-electron chi connectivity index (χ0n) is 14.0. The molecule has 2 aromatic rings. The van der Waals surface area contributed by atoms with E-state index in [1.54, 1.807) is 0 Å². The van der Waals surface area contributed by atoms with Crippen LogP contribution in [0.3, 0.4) is 0 Å². The first-order valence-electron chi connectivity index (χ1n) is 8.76. The number of benzene rings is 2. The molecule has 2 aromatic carbocycles. The van der Waals surface area contributed by atoms with Crippen LogP contribution in [0.4, 0.5) is 0 Å². The molecular weight excluding hydrogens is 282 g/mol. The molecule has 3 rings (SSSR count). The van der Waals surface area contributed by atoms with Gasteiger partial charge in [0.05, 0.1) is 6.10 Å². The van der Waals surface area contributed by atoms with Crippen LogP contribution in [-0.2, 0) is 0 Å². The molecule has 0 saturated carbocycles. The number of piperidine rings is 1. The van der Waals surface area contributed by atoms with Gasteiger partial charge in [-0.15, -0.1) is 0 Å². The van der Waals surface area contributed by atoms with Gasteiger partial charge in [-0.05, 0) is 17.5 Å². The Balaban J connectivity index is 1.94. The fourth-order valence-corrected chi connectivity index (χ4v) is 3.99. The second-order valence-corrected chi connectivity index (χ2v) is 6.75. The predicted molar refractivity (Wildman–Crippen MR) is 95.1 cm³/mol. The summed E-state index contributed by atoms with van der Waals surface area (Å²) in [4.78, 5) is 0. The van der Waals surface area contributed by atoms with E-state index in [1.165, 1.54) is 11.1 Å². The quantitative estimate of drug-likeness (QED) is 0.872. The van der Waals surface area contributed by atoms with Crippen molar-refractivity contribution in [3.05, 3.63) is 71.8 Å². The van der Waals surface area contributed by atoms with Crippen LogP contribution in [0.5, 0.6) is 0 Å². The van der Waals surface area contributed by atoms with Crippen molar-refractivity contribution in [2.24, 2.45) is 11.8 Å². The summed E-state index contributed by atoms with van der Waals surface area (Å²) < 4.78 is 0. The standard InChI is InChI=1S/C21H27NO/c1-3-10-18-20(17-13-8-5-9-14-17)22-19(15(2)21(18)23)16-11-6-4-7-12-16/h4-9,11-15,18-23H,3,10H2,1-2H3/t15-,18+,19-,20-,21+/m0/s1. The van der Waals surface area contributed by atoms with E-state index < -0.39 is 0 Å². The normalized spacial score (nSPS) is 31.0. The Hall–Kier alpha value is -1.64. The minimum atomic E-state index is -0.286. The zero-order chi connectivity index (χ0) is 16.2. The molecule has 0 aromatic heterocycles. The summed E-state index contributed by atoms with van der Waals surface area (Å²) in [5.41, 5.74) is 2.53. The Morgan fingerprint density at radius 1 is 0.870 bits per heavy atom. The van der Waals surface area contributed by atoms with E-state index >= 15 is 0 Å². The molecule has 23 heavy (non-hydrogen) atoms. The fraction of sp³-hybridized carbons (Fsp3) is 0.429. The molecule has 2 nitrogen and oxygen atoms in total. The molecule has 0 radical (unpaired) electrons. The summed E-state index contributed by atoms with van der Waals surface area (Å²) in [6, 6.07) is 21.5. The molecule has 2 N–H and O–H groups in total. The molecule has 2 heteroatoms. The molecule has 0 aliphatic carbocycles. The lowest BCUT2D eigenvalue weighted by Crippen LogP contribution is -2.49. The van der Waals surface area contributed by atoms with E-state index in [0.717, 1.165) is 12.8 Å². The number of nitrogens with one attached hydrogen (secondary N) is 1. The van der Waals surface area contributed by atoms with Crippen molar-refractivity contribution in [2.75, 3.05) is 0 Å². The Labute approximate surface area is 139 Å². The van der Waals surface area contributed by atoms with Gasteiger partial charge in [-0.25, -0.2) is 0 Å². The highest BCUT2D eigenvalue weighted by atomic mass is 16.3. The van der Waals surface area contributed by atoms with Crippen LogP contribution >= 0.6 is 0 Å². The number of aliphatic hydroxyl groups is 1. The molecule has 1 aliphatic heterocycles. The first-order chi connectivity index (χ1) is 11.2. The molecule has 0 unspecified atom stereocenters. The molecule has 0 amide bonds. The molecule has 122 valence electrons. The highest BCUT2D eigenvalue weighted by molar-refractivity contribution is 5.26. The van der Waals surface area contributed by atoms with Crippen molar-refractivity contribution in [1.82, 2.24) is 5.32 Å². The van der Waals surface area contributed by atoms with Crippen LogP contribution in [0.2, 0.25) is 0 Å². The number of hydrogen-bond donors (Lipinski definition) is 2. The van der Waals surface area contributed by atoms with E-state index in [4.69, 9.17) is 0 Å². The average molecular weight is 309 g/mol. The summed E-state index contributed by atoms with van der Waals surface area (Å²) in [5, 5.41) is 14.8. The average Bonchev–Trinajstić information content (AvgIpc) is 2.61. The van der Waals surface area contributed by atoms with Gasteiger partial charge in [0.25, 0.3) is 0 Å². The molecular formula is C21H27NO. The lowest BCUT2D eigenvalue weighted by Gasteiger charge is -2.45. The first kappa shape index (κ1) is 16.2. The third-order valence-corrected chi connectivity index (χ3v) is 5.23. The van der Waals surface area contributed by atoms with Crippen LogP contribution in [0, 0.1) is 11.8 Å². The fourth-order valence-electron chi connectivity index (χ4n) is 3.99. The van der Waals surface area contributed by atoms with Crippen LogP contribution < -0.4 is 5.32 Å². The predicted octanol–water partition coefficient (Wildman–Crippen LogP) is 4.49. The Morgan fingerprint density at radius 3 is 1.91 bits per heavy atom. The molecule has 1 aliphatic rings. The van der Waals surface area contributed by atoms with E-state index in [2.05, 4.69) is 73.8 Å². The Bertz CT molecular complexity index is 598. The van der Waals surface area contributed by atoms with Gasteiger partial charge in [0, 0.05) is 23.9 Å². The SMILES string of the molecule is CCC[C@H]1[C@H](O)[C@@H](C)[C@@H](c2ccccc2)N[C@H]1c1ccccc1. The summed E-state index contributed by atoms with van der Waals surface area (Å²) >= 11 is 0. The van der Waals surface area contributed by atoms with E-state index in [-0.39, 0.29) is 30.0 Å². The third-order valence-electron chi connectivity index (χ3n) is 5.23. The number of hydrogen-bond acceptors (Lipinski definition) is 2. The second-order valence-electron chi connectivity index (χ2n) is 6.75. The summed E-state index contributed by atoms with van der Waals surface area (Å²) in [7, 11) is 0. The van der Waals surface area contributed by atoms with Crippen molar-refractivity contribution < 1.29 is 5.11 Å². The van der Waals surface area contributed by atoms with E-state index in [1.807, 2.05) is 6.07 Å². The van der Waals surface area contributed by atoms with E-state index in [0.29, 0.717) is 0 Å². The maximum Gasteiger partial charge on any atom is 0.0630 e. The largest absolute Gasteiger partial charge is 0.392 e. The van der Waals surface area contributed by atoms with Crippen molar-refractivity contribution in [3.8, 4) is 0 Å². The third kappa shape index (κ3) is 3.34. The second kappa shape index (κ2) is 7.29. The Kier molecular flexibility index (Phi) is 5.14. The van der Waals surface area contributed by atoms with Crippen molar-refractivity contribution in [3.63, 3.8) is 0 Å². The number of aliphatic hydroxyl groups excluding tert-OH is 1. The highest BCUT2D eigenvalue weighted by Gasteiger charge is 2.41. The van der Waals surface area contributed by atoms with Crippen molar-refractivity contribution >= 4 is 0 Å². The van der Waals surface area contributed by atoms with Gasteiger partial charge in [-0.2, -0.15) is 0 Å². The maximum absolute atomic E-state index is 11.0. The smallest absolute Gasteiger partial charge is 0.0630 e. The zero-order valence-corrected chi connectivity index (χ0v) is 14.0. The van der Waals surface area contributed by atoms with Gasteiger partial charge in [-0.1, -0.05) is 80.9 Å². The van der Waals surface area contributed by atoms with Crippen molar-refractivity contribution in [1.29, 1.82) is 0 Å². The number of rotatable bonds is 4. The molecule has 0 spiro atoms. The molecule has 1 saturated heterocycles.